The molecule has 1 N–H and O–H groups in total. The highest BCUT2D eigenvalue weighted by Gasteiger charge is 2.20. The molecule has 6 heteroatoms. The highest BCUT2D eigenvalue weighted by Crippen LogP contribution is 2.28. The minimum absolute atomic E-state index is 0.137. The Labute approximate surface area is 152 Å². The van der Waals surface area contributed by atoms with E-state index in [4.69, 9.17) is 0 Å². The predicted octanol–water partition coefficient (Wildman–Crippen LogP) is 4.85. The Hall–Kier alpha value is -1.40. The van der Waals surface area contributed by atoms with Crippen LogP contribution in [0.25, 0.3) is 0 Å². The van der Waals surface area contributed by atoms with Gasteiger partial charge in [0.2, 0.25) is 0 Å². The summed E-state index contributed by atoms with van der Waals surface area (Å²) in [6, 6.07) is 9.31. The molecule has 4 nitrogen and oxygen atoms in total. The molecule has 0 radical (unpaired) electrons. The molecular formula is C17H17Br2N3O. The normalized spacial score (nSPS) is 14.6. The van der Waals surface area contributed by atoms with Gasteiger partial charge >= 0.3 is 0 Å². The number of nitrogens with one attached hydrogen (secondary N) is 1. The van der Waals surface area contributed by atoms with Crippen molar-refractivity contribution in [1.82, 2.24) is 4.98 Å². The van der Waals surface area contributed by atoms with Gasteiger partial charge in [0.05, 0.1) is 11.3 Å². The molecule has 1 aliphatic heterocycles. The fourth-order valence-electron chi connectivity index (χ4n) is 2.71. The summed E-state index contributed by atoms with van der Waals surface area (Å²) in [7, 11) is 0. The molecule has 1 amide bonds. The Kier molecular flexibility index (Phi) is 5.33. The number of carbonyl (C=O) groups excluding carboxylic acids is 1. The summed E-state index contributed by atoms with van der Waals surface area (Å²) < 4.78 is 1.79. The van der Waals surface area contributed by atoms with Crippen LogP contribution < -0.4 is 10.2 Å². The lowest BCUT2D eigenvalue weighted by Crippen LogP contribution is -2.32. The quantitative estimate of drug-likeness (QED) is 0.744. The number of aromatic nitrogens is 1. The number of halogens is 2. The summed E-state index contributed by atoms with van der Waals surface area (Å²) in [5, 5.41) is 2.96. The number of piperidine rings is 1. The maximum Gasteiger partial charge on any atom is 0.259 e. The van der Waals surface area contributed by atoms with E-state index in [2.05, 4.69) is 47.1 Å². The van der Waals surface area contributed by atoms with Gasteiger partial charge in [0.15, 0.2) is 0 Å². The summed E-state index contributed by atoms with van der Waals surface area (Å²) in [5.41, 5.74) is 1.36. The second-order valence-electron chi connectivity index (χ2n) is 5.50. The largest absolute Gasteiger partial charge is 0.356 e. The number of benzene rings is 1. The van der Waals surface area contributed by atoms with E-state index in [0.717, 1.165) is 46.4 Å². The lowest BCUT2D eigenvalue weighted by molar-refractivity contribution is 0.102. The monoisotopic (exact) mass is 437 g/mol. The van der Waals surface area contributed by atoms with Crippen molar-refractivity contribution in [3.63, 3.8) is 0 Å². The SMILES string of the molecule is O=C(Nc1ccc(Br)cc1Br)c1cccnc1N1CCCCC1. The fraction of sp³-hybridized carbons (Fsp3) is 0.294. The first-order valence-corrected chi connectivity index (χ1v) is 9.20. The predicted molar refractivity (Wildman–Crippen MR) is 100 cm³/mol. The van der Waals surface area contributed by atoms with Gasteiger partial charge in [0, 0.05) is 28.2 Å². The second kappa shape index (κ2) is 7.45. The number of anilines is 2. The molecule has 1 fully saturated rings. The Morgan fingerprint density at radius 3 is 2.65 bits per heavy atom. The van der Waals surface area contributed by atoms with E-state index in [-0.39, 0.29) is 5.91 Å². The van der Waals surface area contributed by atoms with Crippen molar-refractivity contribution in [2.45, 2.75) is 19.3 Å². The average Bonchev–Trinajstić information content (AvgIpc) is 2.58. The molecule has 23 heavy (non-hydrogen) atoms. The lowest BCUT2D eigenvalue weighted by atomic mass is 10.1. The third-order valence-electron chi connectivity index (χ3n) is 3.87. The fourth-order valence-corrected chi connectivity index (χ4v) is 3.86. The first kappa shape index (κ1) is 16.5. The first-order chi connectivity index (χ1) is 11.1. The van der Waals surface area contributed by atoms with Gasteiger partial charge in [-0.15, -0.1) is 0 Å². The summed E-state index contributed by atoms with van der Waals surface area (Å²) in [4.78, 5) is 19.4. The van der Waals surface area contributed by atoms with Crippen LogP contribution in [0.1, 0.15) is 29.6 Å². The molecule has 0 aliphatic carbocycles. The van der Waals surface area contributed by atoms with Crippen LogP contribution in [0.3, 0.4) is 0 Å². The van der Waals surface area contributed by atoms with Gasteiger partial charge in [-0.3, -0.25) is 4.79 Å². The van der Waals surface area contributed by atoms with Crippen molar-refractivity contribution in [3.05, 3.63) is 51.0 Å². The molecule has 0 bridgehead atoms. The number of nitrogens with zero attached hydrogens (tertiary/aromatic N) is 2. The summed E-state index contributed by atoms with van der Waals surface area (Å²) >= 11 is 6.88. The molecule has 0 atom stereocenters. The van der Waals surface area contributed by atoms with Crippen molar-refractivity contribution in [3.8, 4) is 0 Å². The van der Waals surface area contributed by atoms with Gasteiger partial charge in [-0.25, -0.2) is 4.98 Å². The van der Waals surface area contributed by atoms with Gasteiger partial charge in [0.1, 0.15) is 5.82 Å². The van der Waals surface area contributed by atoms with Crippen LogP contribution in [0.5, 0.6) is 0 Å². The topological polar surface area (TPSA) is 45.2 Å². The zero-order valence-corrected chi connectivity index (χ0v) is 15.7. The van der Waals surface area contributed by atoms with Crippen LogP contribution >= 0.6 is 31.9 Å². The number of pyridine rings is 1. The van der Waals surface area contributed by atoms with Gasteiger partial charge in [0.25, 0.3) is 5.91 Å². The van der Waals surface area contributed by atoms with E-state index in [1.54, 1.807) is 12.3 Å². The van der Waals surface area contributed by atoms with E-state index in [9.17, 15) is 4.79 Å². The van der Waals surface area contributed by atoms with Gasteiger partial charge < -0.3 is 10.2 Å². The van der Waals surface area contributed by atoms with Crippen LogP contribution in [0.4, 0.5) is 11.5 Å². The highest BCUT2D eigenvalue weighted by atomic mass is 79.9. The Morgan fingerprint density at radius 1 is 1.13 bits per heavy atom. The number of hydrogen-bond donors (Lipinski definition) is 1. The molecule has 2 heterocycles. The maximum absolute atomic E-state index is 12.7. The van der Waals surface area contributed by atoms with Crippen molar-refractivity contribution >= 4 is 49.3 Å². The molecule has 0 unspecified atom stereocenters. The Balaban J connectivity index is 1.84. The summed E-state index contributed by atoms with van der Waals surface area (Å²) in [6.45, 7) is 1.92. The molecule has 1 aromatic heterocycles. The van der Waals surface area contributed by atoms with Crippen molar-refractivity contribution in [1.29, 1.82) is 0 Å². The van der Waals surface area contributed by atoms with E-state index >= 15 is 0 Å². The number of hydrogen-bond acceptors (Lipinski definition) is 3. The zero-order valence-electron chi connectivity index (χ0n) is 12.6. The minimum atomic E-state index is -0.137. The average molecular weight is 439 g/mol. The van der Waals surface area contributed by atoms with E-state index in [1.807, 2.05) is 24.3 Å². The first-order valence-electron chi connectivity index (χ1n) is 7.61. The van der Waals surface area contributed by atoms with Crippen molar-refractivity contribution in [2.75, 3.05) is 23.3 Å². The number of rotatable bonds is 3. The van der Waals surface area contributed by atoms with E-state index in [0.29, 0.717) is 5.56 Å². The molecule has 120 valence electrons. The molecule has 0 saturated carbocycles. The van der Waals surface area contributed by atoms with Crippen LogP contribution in [0.15, 0.2) is 45.5 Å². The molecule has 1 saturated heterocycles. The van der Waals surface area contributed by atoms with Crippen LogP contribution in [-0.2, 0) is 0 Å². The van der Waals surface area contributed by atoms with E-state index in [1.165, 1.54) is 6.42 Å². The zero-order chi connectivity index (χ0) is 16.2. The maximum atomic E-state index is 12.7. The molecule has 3 rings (SSSR count). The minimum Gasteiger partial charge on any atom is -0.356 e. The number of amides is 1. The number of carbonyl (C=O) groups is 1. The smallest absolute Gasteiger partial charge is 0.259 e. The molecule has 2 aromatic rings. The van der Waals surface area contributed by atoms with E-state index < -0.39 is 0 Å². The second-order valence-corrected chi connectivity index (χ2v) is 7.27. The van der Waals surface area contributed by atoms with Crippen LogP contribution in [-0.4, -0.2) is 24.0 Å². The molecule has 1 aliphatic rings. The standard InChI is InChI=1S/C17H17Br2N3O/c18-12-6-7-15(14(19)11-12)21-17(23)13-5-4-8-20-16(13)22-9-2-1-3-10-22/h4-8,11H,1-3,9-10H2,(H,21,23). The molecule has 0 spiro atoms. The summed E-state index contributed by atoms with van der Waals surface area (Å²) in [5.74, 6) is 0.639. The van der Waals surface area contributed by atoms with Crippen molar-refractivity contribution < 1.29 is 4.79 Å². The van der Waals surface area contributed by atoms with Crippen LogP contribution in [0, 0.1) is 0 Å². The molecule has 1 aromatic carbocycles. The lowest BCUT2D eigenvalue weighted by Gasteiger charge is -2.29. The highest BCUT2D eigenvalue weighted by molar-refractivity contribution is 9.11. The molecular weight excluding hydrogens is 422 g/mol. The Morgan fingerprint density at radius 2 is 1.91 bits per heavy atom. The van der Waals surface area contributed by atoms with Crippen molar-refractivity contribution in [2.24, 2.45) is 0 Å². The van der Waals surface area contributed by atoms with Gasteiger partial charge in [-0.1, -0.05) is 15.9 Å². The third kappa shape index (κ3) is 3.93. The van der Waals surface area contributed by atoms with Crippen LogP contribution in [0.2, 0.25) is 0 Å². The van der Waals surface area contributed by atoms with Gasteiger partial charge in [-0.05, 0) is 65.5 Å². The Bertz CT molecular complexity index is 715. The van der Waals surface area contributed by atoms with Gasteiger partial charge in [-0.2, -0.15) is 0 Å². The third-order valence-corrected chi connectivity index (χ3v) is 5.02. The summed E-state index contributed by atoms with van der Waals surface area (Å²) in [6.07, 6.45) is 5.29.